The first-order valence-electron chi connectivity index (χ1n) is 21.7. The second-order valence-corrected chi connectivity index (χ2v) is 18.3. The topological polar surface area (TPSA) is 190 Å². The van der Waals surface area contributed by atoms with E-state index in [0.29, 0.717) is 36.5 Å². The van der Waals surface area contributed by atoms with Gasteiger partial charge in [-0.25, -0.2) is 4.98 Å². The lowest BCUT2D eigenvalue weighted by Gasteiger charge is -2.36. The van der Waals surface area contributed by atoms with E-state index in [-0.39, 0.29) is 36.4 Å². The fourth-order valence-electron chi connectivity index (χ4n) is 8.21. The van der Waals surface area contributed by atoms with Crippen LogP contribution in [0.3, 0.4) is 0 Å². The van der Waals surface area contributed by atoms with E-state index in [4.69, 9.17) is 5.73 Å². The van der Waals surface area contributed by atoms with Crippen LogP contribution in [0.4, 0.5) is 11.5 Å². The van der Waals surface area contributed by atoms with Crippen molar-refractivity contribution in [3.05, 3.63) is 71.4 Å². The number of phenols is 1. The molecule has 2 fully saturated rings. The van der Waals surface area contributed by atoms with E-state index < -0.39 is 23.6 Å². The van der Waals surface area contributed by atoms with Gasteiger partial charge in [-0.1, -0.05) is 82.9 Å². The molecule has 328 valence electrons. The van der Waals surface area contributed by atoms with E-state index in [1.807, 2.05) is 51.4 Å². The van der Waals surface area contributed by atoms with Gasteiger partial charge in [0.1, 0.15) is 17.8 Å². The number of unbranched alkanes of at least 4 members (excludes halogenated alkanes) is 5. The Labute approximate surface area is 364 Å². The van der Waals surface area contributed by atoms with Crippen molar-refractivity contribution in [1.82, 2.24) is 35.6 Å². The van der Waals surface area contributed by atoms with Crippen LogP contribution in [0.25, 0.3) is 21.7 Å². The SMILES string of the molecule is Cc1ncsc1-c1ccc(CCNC(=O)[C@@H]2C[C@H](O)CN2C(=O)[C@@H](NC(=O)CCCCCCCCN2CCN(c3cc(-c4ccccc4O)nnc3N)CC2)C(C)(C)C)cc1. The number of nitrogens with zero attached hydrogens (tertiary/aromatic N) is 6. The second-order valence-electron chi connectivity index (χ2n) is 17.5. The number of rotatable bonds is 18. The Bertz CT molecular complexity index is 2080. The van der Waals surface area contributed by atoms with Gasteiger partial charge in [0, 0.05) is 57.7 Å². The molecule has 2 aromatic heterocycles. The number of aromatic nitrogens is 3. The molecule has 61 heavy (non-hydrogen) atoms. The molecule has 4 aromatic rings. The van der Waals surface area contributed by atoms with Crippen molar-refractivity contribution < 1.29 is 24.6 Å². The molecule has 3 amide bonds. The van der Waals surface area contributed by atoms with Crippen molar-refractivity contribution in [1.29, 1.82) is 0 Å². The third-order valence-electron chi connectivity index (χ3n) is 11.8. The molecule has 2 aliphatic rings. The quantitative estimate of drug-likeness (QED) is 0.0788. The normalized spacial score (nSPS) is 17.7. The van der Waals surface area contributed by atoms with Gasteiger partial charge in [0.2, 0.25) is 17.7 Å². The molecule has 0 saturated carbocycles. The number of anilines is 2. The Balaban J connectivity index is 0.866. The number of phenolic OH excluding ortho intramolecular Hbond substituents is 1. The van der Waals surface area contributed by atoms with Crippen molar-refractivity contribution in [2.24, 2.45) is 5.41 Å². The van der Waals surface area contributed by atoms with Crippen LogP contribution in [0.1, 0.15) is 83.4 Å². The standard InChI is InChI=1S/C46H63N9O5S/c1-31-41(61-30-49-31)33-18-16-32(17-19-33)20-21-48-44(59)38-27-34(56)29-55(38)45(60)42(46(2,3)4)50-40(58)15-9-7-5-6-8-12-22-53-23-25-54(26-24-53)37-28-36(51-52-43(37)47)35-13-10-11-14-39(35)57/h10-11,13-14,16-19,28,30,34,38,42,56-57H,5-9,12,15,20-27,29H2,1-4H3,(H2,47,52)(H,48,59)(H,50,58)/t34-,38-,42+/m0/s1. The number of carbonyl (C=O) groups is 3. The van der Waals surface area contributed by atoms with Crippen molar-refractivity contribution in [2.45, 2.75) is 104 Å². The average Bonchev–Trinajstić information content (AvgIpc) is 3.86. The van der Waals surface area contributed by atoms with E-state index in [1.165, 1.54) is 4.90 Å². The first kappa shape index (κ1) is 45.4. The summed E-state index contributed by atoms with van der Waals surface area (Å²) in [5.41, 5.74) is 12.7. The number of aliphatic hydroxyl groups excluding tert-OH is 1. The largest absolute Gasteiger partial charge is 0.507 e. The molecule has 2 saturated heterocycles. The summed E-state index contributed by atoms with van der Waals surface area (Å²) >= 11 is 1.61. The first-order chi connectivity index (χ1) is 29.3. The fraction of sp³-hybridized carbons (Fsp3) is 0.522. The van der Waals surface area contributed by atoms with E-state index >= 15 is 0 Å². The molecular weight excluding hydrogens is 791 g/mol. The lowest BCUT2D eigenvalue weighted by atomic mass is 9.85. The summed E-state index contributed by atoms with van der Waals surface area (Å²) in [5, 5.41) is 35.2. The van der Waals surface area contributed by atoms with Gasteiger partial charge in [-0.15, -0.1) is 21.5 Å². The summed E-state index contributed by atoms with van der Waals surface area (Å²) in [6, 6.07) is 15.6. The number of piperazine rings is 1. The van der Waals surface area contributed by atoms with Gasteiger partial charge >= 0.3 is 0 Å². The molecule has 0 unspecified atom stereocenters. The van der Waals surface area contributed by atoms with Crippen LogP contribution in [0.5, 0.6) is 5.75 Å². The maximum atomic E-state index is 14.0. The molecular formula is C46H63N9O5S. The number of β-amino-alcohol motifs (C(OH)–C–C–N with tert-alkyl or cyclic N) is 1. The number of likely N-dealkylation sites (tertiary alicyclic amines) is 1. The first-order valence-corrected chi connectivity index (χ1v) is 22.6. The van der Waals surface area contributed by atoms with Crippen LogP contribution in [0.2, 0.25) is 0 Å². The summed E-state index contributed by atoms with van der Waals surface area (Å²) in [7, 11) is 0. The molecule has 6 rings (SSSR count). The number of benzene rings is 2. The maximum Gasteiger partial charge on any atom is 0.246 e. The Kier molecular flexibility index (Phi) is 15.7. The number of aromatic hydroxyl groups is 1. The number of hydrogen-bond acceptors (Lipinski definition) is 12. The number of para-hydroxylation sites is 1. The Hall–Kier alpha value is -5.12. The Morgan fingerprint density at radius 2 is 1.66 bits per heavy atom. The molecule has 0 aliphatic carbocycles. The highest BCUT2D eigenvalue weighted by Crippen LogP contribution is 2.32. The number of nitrogens with two attached hydrogens (primary N) is 1. The van der Waals surface area contributed by atoms with Gasteiger partial charge in [-0.05, 0) is 67.5 Å². The number of nitrogen functional groups attached to an aromatic ring is 1. The minimum absolute atomic E-state index is 0.0508. The maximum absolute atomic E-state index is 14.0. The third-order valence-corrected chi connectivity index (χ3v) is 12.8. The summed E-state index contributed by atoms with van der Waals surface area (Å²) in [6.07, 6.45) is 6.33. The predicted molar refractivity (Wildman–Crippen MR) is 241 cm³/mol. The molecule has 4 heterocycles. The van der Waals surface area contributed by atoms with Gasteiger partial charge in [0.05, 0.1) is 33.6 Å². The van der Waals surface area contributed by atoms with Gasteiger partial charge in [-0.2, -0.15) is 0 Å². The number of hydrogen-bond donors (Lipinski definition) is 5. The summed E-state index contributed by atoms with van der Waals surface area (Å²) in [4.78, 5) is 52.2. The van der Waals surface area contributed by atoms with Crippen molar-refractivity contribution >= 4 is 40.6 Å². The minimum atomic E-state index is -0.830. The van der Waals surface area contributed by atoms with Gasteiger partial charge in [0.15, 0.2) is 5.82 Å². The number of thiazole rings is 1. The van der Waals surface area contributed by atoms with Crippen LogP contribution in [-0.2, 0) is 20.8 Å². The van der Waals surface area contributed by atoms with Crippen LogP contribution in [0, 0.1) is 12.3 Å². The zero-order valence-corrected chi connectivity index (χ0v) is 36.9. The highest BCUT2D eigenvalue weighted by Gasteiger charge is 2.44. The van der Waals surface area contributed by atoms with E-state index in [9.17, 15) is 24.6 Å². The minimum Gasteiger partial charge on any atom is -0.507 e. The van der Waals surface area contributed by atoms with Crippen LogP contribution < -0.4 is 21.3 Å². The second kappa shape index (κ2) is 21.1. The Morgan fingerprint density at radius 1 is 0.951 bits per heavy atom. The number of amides is 3. The molecule has 2 aromatic carbocycles. The highest BCUT2D eigenvalue weighted by atomic mass is 32.1. The average molecular weight is 854 g/mol. The van der Waals surface area contributed by atoms with Crippen LogP contribution in [0.15, 0.2) is 60.1 Å². The van der Waals surface area contributed by atoms with E-state index in [0.717, 1.165) is 98.6 Å². The third kappa shape index (κ3) is 12.3. The number of nitrogens with one attached hydrogen (secondary N) is 2. The highest BCUT2D eigenvalue weighted by molar-refractivity contribution is 7.13. The molecule has 6 N–H and O–H groups in total. The van der Waals surface area contributed by atoms with E-state index in [2.05, 4.69) is 59.9 Å². The molecule has 3 atom stereocenters. The van der Waals surface area contributed by atoms with Gasteiger partial charge in [0.25, 0.3) is 0 Å². The smallest absolute Gasteiger partial charge is 0.246 e. The zero-order valence-electron chi connectivity index (χ0n) is 36.1. The van der Waals surface area contributed by atoms with Crippen LogP contribution >= 0.6 is 11.3 Å². The molecule has 0 bridgehead atoms. The predicted octanol–water partition coefficient (Wildman–Crippen LogP) is 5.57. The summed E-state index contributed by atoms with van der Waals surface area (Å²) in [5.74, 6) is -0.271. The zero-order chi connectivity index (χ0) is 43.5. The number of aryl methyl sites for hydroxylation is 1. The van der Waals surface area contributed by atoms with Gasteiger partial charge < -0.3 is 36.4 Å². The fourth-order valence-corrected chi connectivity index (χ4v) is 9.02. The van der Waals surface area contributed by atoms with Crippen molar-refractivity contribution in [2.75, 3.05) is 56.4 Å². The molecule has 2 aliphatic heterocycles. The lowest BCUT2D eigenvalue weighted by molar-refractivity contribution is -0.144. The van der Waals surface area contributed by atoms with Crippen molar-refractivity contribution in [3.63, 3.8) is 0 Å². The Morgan fingerprint density at radius 3 is 2.34 bits per heavy atom. The van der Waals surface area contributed by atoms with E-state index in [1.54, 1.807) is 23.5 Å². The summed E-state index contributed by atoms with van der Waals surface area (Å²) in [6.45, 7) is 12.7. The summed E-state index contributed by atoms with van der Waals surface area (Å²) < 4.78 is 0. The number of aliphatic hydroxyl groups is 1. The monoisotopic (exact) mass is 853 g/mol. The van der Waals surface area contributed by atoms with Crippen LogP contribution in [-0.4, -0.2) is 117 Å². The lowest BCUT2D eigenvalue weighted by Crippen LogP contribution is -2.57. The molecule has 0 radical (unpaired) electrons. The van der Waals surface area contributed by atoms with Crippen molar-refractivity contribution in [3.8, 4) is 27.4 Å². The molecule has 14 nitrogen and oxygen atoms in total. The van der Waals surface area contributed by atoms with Gasteiger partial charge in [-0.3, -0.25) is 19.3 Å². The number of carbonyl (C=O) groups excluding carboxylic acids is 3. The molecule has 15 heteroatoms. The molecule has 0 spiro atoms.